The van der Waals surface area contributed by atoms with Gasteiger partial charge in [-0.3, -0.25) is 9.63 Å². The lowest BCUT2D eigenvalue weighted by Crippen LogP contribution is -2.14. The van der Waals surface area contributed by atoms with Gasteiger partial charge in [-0.1, -0.05) is 28.1 Å². The molecule has 0 aliphatic carbocycles. The van der Waals surface area contributed by atoms with E-state index in [9.17, 15) is 4.79 Å². The Bertz CT molecular complexity index is 343. The highest BCUT2D eigenvalue weighted by Gasteiger charge is 2.16. The van der Waals surface area contributed by atoms with Gasteiger partial charge in [-0.05, 0) is 17.7 Å². The fourth-order valence-corrected chi connectivity index (χ4v) is 1.60. The Hall–Kier alpha value is -0.910. The summed E-state index contributed by atoms with van der Waals surface area (Å²) in [7, 11) is 1.33. The molecule has 0 saturated heterocycles. The zero-order chi connectivity index (χ0) is 11.3. The number of carbonyl (C=O) groups excluding carboxylic acids is 1. The summed E-state index contributed by atoms with van der Waals surface area (Å²) in [5, 5.41) is 0. The summed E-state index contributed by atoms with van der Waals surface area (Å²) < 4.78 is 5.46. The highest BCUT2D eigenvalue weighted by Crippen LogP contribution is 2.23. The summed E-state index contributed by atoms with van der Waals surface area (Å²) in [5.41, 5.74) is 0.831. The number of esters is 1. The Balaban J connectivity index is 2.78. The fourth-order valence-electron chi connectivity index (χ4n) is 1.19. The number of ether oxygens (including phenoxy) is 1. The van der Waals surface area contributed by atoms with E-state index >= 15 is 0 Å². The van der Waals surface area contributed by atoms with Gasteiger partial charge in [0.2, 0.25) is 0 Å². The van der Waals surface area contributed by atoms with Gasteiger partial charge in [-0.25, -0.2) is 5.90 Å². The molecule has 15 heavy (non-hydrogen) atoms. The van der Waals surface area contributed by atoms with Crippen LogP contribution in [0.4, 0.5) is 0 Å². The predicted octanol–water partition coefficient (Wildman–Crippen LogP) is 1.94. The maximum absolute atomic E-state index is 11.1. The van der Waals surface area contributed by atoms with Crippen LogP contribution in [0.15, 0.2) is 28.7 Å². The molecule has 0 spiro atoms. The third kappa shape index (κ3) is 3.62. The molecule has 0 saturated carbocycles. The van der Waals surface area contributed by atoms with Crippen molar-refractivity contribution in [2.75, 3.05) is 7.11 Å². The normalized spacial score (nSPS) is 12.2. The smallest absolute Gasteiger partial charge is 0.308 e. The second-order valence-electron chi connectivity index (χ2n) is 2.96. The maximum atomic E-state index is 11.1. The zero-order valence-corrected chi connectivity index (χ0v) is 9.86. The number of halogens is 1. The van der Waals surface area contributed by atoms with Crippen molar-refractivity contribution in [2.45, 2.75) is 12.5 Å². The molecule has 0 heterocycles. The summed E-state index contributed by atoms with van der Waals surface area (Å²) in [5.74, 6) is 4.78. The summed E-state index contributed by atoms with van der Waals surface area (Å²) in [6, 6.07) is 7.42. The van der Waals surface area contributed by atoms with Crippen LogP contribution in [0.2, 0.25) is 0 Å². The molecule has 0 aliphatic rings. The first-order chi connectivity index (χ1) is 7.17. The number of methoxy groups -OCH3 is 1. The Morgan fingerprint density at radius 3 is 2.87 bits per heavy atom. The van der Waals surface area contributed by atoms with Crippen LogP contribution >= 0.6 is 15.9 Å². The average Bonchev–Trinajstić information content (AvgIpc) is 2.25. The number of nitrogens with two attached hydrogens (primary N) is 1. The van der Waals surface area contributed by atoms with Crippen molar-refractivity contribution in [3.8, 4) is 0 Å². The summed E-state index contributed by atoms with van der Waals surface area (Å²) in [6.45, 7) is 0. The third-order valence-electron chi connectivity index (χ3n) is 1.96. The van der Waals surface area contributed by atoms with Crippen LogP contribution in [0.25, 0.3) is 0 Å². The third-order valence-corrected chi connectivity index (χ3v) is 2.46. The number of hydrogen-bond acceptors (Lipinski definition) is 4. The molecule has 0 amide bonds. The van der Waals surface area contributed by atoms with Gasteiger partial charge >= 0.3 is 5.97 Å². The molecule has 0 aliphatic heterocycles. The summed E-state index contributed by atoms with van der Waals surface area (Å²) >= 11 is 3.33. The minimum Gasteiger partial charge on any atom is -0.469 e. The molecule has 0 radical (unpaired) electrons. The van der Waals surface area contributed by atoms with E-state index in [-0.39, 0.29) is 12.4 Å². The molecule has 1 aromatic rings. The monoisotopic (exact) mass is 273 g/mol. The van der Waals surface area contributed by atoms with Crippen molar-refractivity contribution >= 4 is 21.9 Å². The van der Waals surface area contributed by atoms with E-state index in [1.165, 1.54) is 7.11 Å². The van der Waals surface area contributed by atoms with E-state index in [0.29, 0.717) is 0 Å². The molecule has 5 heteroatoms. The topological polar surface area (TPSA) is 61.5 Å². The fraction of sp³-hybridized carbons (Fsp3) is 0.300. The van der Waals surface area contributed by atoms with Crippen LogP contribution in [0, 0.1) is 0 Å². The number of rotatable bonds is 4. The molecule has 0 bridgehead atoms. The van der Waals surface area contributed by atoms with Gasteiger partial charge in [-0.2, -0.15) is 0 Å². The molecule has 1 atom stereocenters. The lowest BCUT2D eigenvalue weighted by atomic mass is 10.1. The van der Waals surface area contributed by atoms with Gasteiger partial charge in [0.1, 0.15) is 6.10 Å². The van der Waals surface area contributed by atoms with Crippen molar-refractivity contribution in [3.63, 3.8) is 0 Å². The van der Waals surface area contributed by atoms with E-state index in [1.54, 1.807) is 0 Å². The lowest BCUT2D eigenvalue weighted by Gasteiger charge is -2.13. The SMILES string of the molecule is COC(=O)CC(ON)c1cccc(Br)c1. The number of benzene rings is 1. The standard InChI is InChI=1S/C10H12BrNO3/c1-14-10(13)6-9(15-12)7-3-2-4-8(11)5-7/h2-5,9H,6,12H2,1H3. The molecule has 4 nitrogen and oxygen atoms in total. The predicted molar refractivity (Wildman–Crippen MR) is 58.8 cm³/mol. The highest BCUT2D eigenvalue weighted by molar-refractivity contribution is 9.10. The van der Waals surface area contributed by atoms with E-state index in [0.717, 1.165) is 10.0 Å². The molecule has 82 valence electrons. The van der Waals surface area contributed by atoms with Crippen LogP contribution in [-0.4, -0.2) is 13.1 Å². The second-order valence-corrected chi connectivity index (χ2v) is 3.88. The first-order valence-corrected chi connectivity index (χ1v) is 5.14. The maximum Gasteiger partial charge on any atom is 0.308 e. The quantitative estimate of drug-likeness (QED) is 0.673. The van der Waals surface area contributed by atoms with Crippen molar-refractivity contribution in [1.82, 2.24) is 0 Å². The van der Waals surface area contributed by atoms with Crippen molar-refractivity contribution in [3.05, 3.63) is 34.3 Å². The van der Waals surface area contributed by atoms with Crippen LogP contribution < -0.4 is 5.90 Å². The Morgan fingerprint density at radius 2 is 2.33 bits per heavy atom. The van der Waals surface area contributed by atoms with Gasteiger partial charge in [0, 0.05) is 4.47 Å². The first kappa shape index (κ1) is 12.2. The van der Waals surface area contributed by atoms with Crippen molar-refractivity contribution in [1.29, 1.82) is 0 Å². The van der Waals surface area contributed by atoms with Crippen molar-refractivity contribution < 1.29 is 14.4 Å². The van der Waals surface area contributed by atoms with Crippen LogP contribution in [0.1, 0.15) is 18.1 Å². The minimum atomic E-state index is -0.477. The molecular weight excluding hydrogens is 262 g/mol. The molecule has 1 unspecified atom stereocenters. The van der Waals surface area contributed by atoms with Crippen molar-refractivity contribution in [2.24, 2.45) is 5.90 Å². The van der Waals surface area contributed by atoms with Crippen LogP contribution in [-0.2, 0) is 14.4 Å². The Morgan fingerprint density at radius 1 is 1.60 bits per heavy atom. The highest BCUT2D eigenvalue weighted by atomic mass is 79.9. The van der Waals surface area contributed by atoms with Gasteiger partial charge in [0.25, 0.3) is 0 Å². The first-order valence-electron chi connectivity index (χ1n) is 4.35. The summed E-state index contributed by atoms with van der Waals surface area (Å²) in [6.07, 6.45) is -0.376. The van der Waals surface area contributed by atoms with E-state index in [2.05, 4.69) is 20.7 Å². The molecular formula is C10H12BrNO3. The lowest BCUT2D eigenvalue weighted by molar-refractivity contribution is -0.144. The largest absolute Gasteiger partial charge is 0.469 e. The molecule has 0 aromatic heterocycles. The van der Waals surface area contributed by atoms with E-state index < -0.39 is 6.10 Å². The Kier molecular flexibility index (Phi) is 4.74. The van der Waals surface area contributed by atoms with Gasteiger partial charge in [-0.15, -0.1) is 0 Å². The summed E-state index contributed by atoms with van der Waals surface area (Å²) in [4.78, 5) is 15.8. The van der Waals surface area contributed by atoms with E-state index in [4.69, 9.17) is 10.7 Å². The number of hydrogen-bond donors (Lipinski definition) is 1. The van der Waals surface area contributed by atoms with E-state index in [1.807, 2.05) is 24.3 Å². The second kappa shape index (κ2) is 5.85. The molecule has 1 rings (SSSR count). The van der Waals surface area contributed by atoms with Crippen LogP contribution in [0.3, 0.4) is 0 Å². The Labute approximate surface area is 96.4 Å². The van der Waals surface area contributed by atoms with Gasteiger partial charge < -0.3 is 4.74 Å². The molecule has 1 aromatic carbocycles. The van der Waals surface area contributed by atoms with Crippen LogP contribution in [0.5, 0.6) is 0 Å². The average molecular weight is 274 g/mol. The van der Waals surface area contributed by atoms with Gasteiger partial charge in [0.05, 0.1) is 13.5 Å². The molecule has 2 N–H and O–H groups in total. The molecule has 0 fully saturated rings. The zero-order valence-electron chi connectivity index (χ0n) is 8.27. The number of carbonyl (C=O) groups is 1. The van der Waals surface area contributed by atoms with Gasteiger partial charge in [0.15, 0.2) is 0 Å². The minimum absolute atomic E-state index is 0.101.